The predicted molar refractivity (Wildman–Crippen MR) is 72.1 cm³/mol. The second-order valence-corrected chi connectivity index (χ2v) is 4.51. The minimum absolute atomic E-state index is 0.00163. The third-order valence-electron chi connectivity index (χ3n) is 2.93. The fourth-order valence-electron chi connectivity index (χ4n) is 1.85. The van der Waals surface area contributed by atoms with Crippen molar-refractivity contribution in [3.05, 3.63) is 54.0 Å². The minimum Gasteiger partial charge on any atom is -0.507 e. The lowest BCUT2D eigenvalue weighted by Gasteiger charge is -2.13. The van der Waals surface area contributed by atoms with Gasteiger partial charge >= 0.3 is 0 Å². The molecule has 0 saturated heterocycles. The van der Waals surface area contributed by atoms with Gasteiger partial charge in [-0.05, 0) is 37.6 Å². The van der Waals surface area contributed by atoms with Crippen molar-refractivity contribution in [2.24, 2.45) is 0 Å². The van der Waals surface area contributed by atoms with Gasteiger partial charge in [-0.15, -0.1) is 0 Å². The first-order chi connectivity index (χ1) is 9.16. The first kappa shape index (κ1) is 13.2. The highest BCUT2D eigenvalue weighted by molar-refractivity contribution is 5.96. The van der Waals surface area contributed by atoms with Gasteiger partial charge in [0.15, 0.2) is 0 Å². The van der Waals surface area contributed by atoms with Crippen molar-refractivity contribution < 1.29 is 14.3 Å². The molecule has 4 nitrogen and oxygen atoms in total. The number of furan rings is 1. The first-order valence-corrected chi connectivity index (χ1v) is 6.28. The molecule has 2 rings (SSSR count). The molecule has 0 aliphatic rings. The fourth-order valence-corrected chi connectivity index (χ4v) is 1.85. The van der Waals surface area contributed by atoms with Gasteiger partial charge in [-0.25, -0.2) is 0 Å². The van der Waals surface area contributed by atoms with E-state index in [4.69, 9.17) is 4.42 Å². The van der Waals surface area contributed by atoms with Crippen molar-refractivity contribution in [1.82, 2.24) is 5.32 Å². The van der Waals surface area contributed by atoms with Gasteiger partial charge in [0.05, 0.1) is 11.8 Å². The van der Waals surface area contributed by atoms with Crippen molar-refractivity contribution in [3.63, 3.8) is 0 Å². The Morgan fingerprint density at radius 2 is 2.11 bits per heavy atom. The van der Waals surface area contributed by atoms with Crippen molar-refractivity contribution in [1.29, 1.82) is 0 Å². The van der Waals surface area contributed by atoms with Crippen LogP contribution in [0.25, 0.3) is 0 Å². The van der Waals surface area contributed by atoms with E-state index < -0.39 is 0 Å². The van der Waals surface area contributed by atoms with E-state index in [1.54, 1.807) is 24.5 Å². The first-order valence-electron chi connectivity index (χ1n) is 6.28. The van der Waals surface area contributed by atoms with Crippen LogP contribution in [-0.2, 0) is 6.42 Å². The Kier molecular flexibility index (Phi) is 4.23. The molecule has 1 unspecified atom stereocenters. The molecule has 1 aromatic heterocycles. The van der Waals surface area contributed by atoms with Gasteiger partial charge in [-0.3, -0.25) is 4.79 Å². The van der Waals surface area contributed by atoms with E-state index in [0.717, 1.165) is 18.6 Å². The molecule has 1 aromatic carbocycles. The average molecular weight is 259 g/mol. The zero-order valence-corrected chi connectivity index (χ0v) is 10.8. The molecule has 0 aliphatic carbocycles. The number of aryl methyl sites for hydroxylation is 1. The summed E-state index contributed by atoms with van der Waals surface area (Å²) in [6.07, 6.45) is 3.20. The second kappa shape index (κ2) is 6.09. The number of carbonyl (C=O) groups is 1. The Hall–Kier alpha value is -2.23. The van der Waals surface area contributed by atoms with Crippen LogP contribution < -0.4 is 5.32 Å². The molecular weight excluding hydrogens is 242 g/mol. The number of phenols is 1. The lowest BCUT2D eigenvalue weighted by atomic mass is 10.1. The predicted octanol–water partition coefficient (Wildman–Crippen LogP) is 2.74. The lowest BCUT2D eigenvalue weighted by Crippen LogP contribution is -2.32. The number of hydrogen-bond acceptors (Lipinski definition) is 3. The number of para-hydroxylation sites is 1. The fraction of sp³-hybridized carbons (Fsp3) is 0.267. The van der Waals surface area contributed by atoms with E-state index in [1.807, 2.05) is 19.1 Å². The molecule has 0 saturated carbocycles. The van der Waals surface area contributed by atoms with E-state index in [1.165, 1.54) is 6.07 Å². The van der Waals surface area contributed by atoms with Gasteiger partial charge in [0.2, 0.25) is 0 Å². The minimum atomic E-state index is -0.259. The summed E-state index contributed by atoms with van der Waals surface area (Å²) < 4.78 is 5.24. The van der Waals surface area contributed by atoms with Crippen LogP contribution in [0.4, 0.5) is 0 Å². The van der Waals surface area contributed by atoms with Gasteiger partial charge in [0, 0.05) is 12.5 Å². The SMILES string of the molecule is CC(CCc1ccco1)NC(=O)c1ccccc1O. The molecule has 0 aliphatic heterocycles. The zero-order valence-electron chi connectivity index (χ0n) is 10.8. The van der Waals surface area contributed by atoms with Crippen LogP contribution in [0.1, 0.15) is 29.5 Å². The van der Waals surface area contributed by atoms with E-state index in [-0.39, 0.29) is 17.7 Å². The number of carbonyl (C=O) groups excluding carboxylic acids is 1. The third kappa shape index (κ3) is 3.61. The van der Waals surface area contributed by atoms with Crippen molar-refractivity contribution in [3.8, 4) is 5.75 Å². The Bertz CT molecular complexity index is 534. The smallest absolute Gasteiger partial charge is 0.255 e. The largest absolute Gasteiger partial charge is 0.507 e. The summed E-state index contributed by atoms with van der Waals surface area (Å²) in [7, 11) is 0. The highest BCUT2D eigenvalue weighted by atomic mass is 16.3. The number of benzene rings is 1. The molecule has 1 atom stereocenters. The summed E-state index contributed by atoms with van der Waals surface area (Å²) >= 11 is 0. The Morgan fingerprint density at radius 3 is 2.79 bits per heavy atom. The Balaban J connectivity index is 1.87. The molecule has 19 heavy (non-hydrogen) atoms. The van der Waals surface area contributed by atoms with Crippen molar-refractivity contribution in [2.75, 3.05) is 0 Å². The average Bonchev–Trinajstić information content (AvgIpc) is 2.90. The molecular formula is C15H17NO3. The number of phenolic OH excluding ortho intramolecular Hbond substituents is 1. The molecule has 2 N–H and O–H groups in total. The summed E-state index contributed by atoms with van der Waals surface area (Å²) in [5.41, 5.74) is 0.298. The van der Waals surface area contributed by atoms with E-state index in [2.05, 4.69) is 5.32 Å². The number of hydrogen-bond donors (Lipinski definition) is 2. The highest BCUT2D eigenvalue weighted by Crippen LogP contribution is 2.15. The molecule has 1 heterocycles. The molecule has 0 fully saturated rings. The normalized spacial score (nSPS) is 12.1. The molecule has 0 radical (unpaired) electrons. The van der Waals surface area contributed by atoms with Crippen LogP contribution in [0.3, 0.4) is 0 Å². The van der Waals surface area contributed by atoms with Crippen molar-refractivity contribution >= 4 is 5.91 Å². The number of amides is 1. The summed E-state index contributed by atoms with van der Waals surface area (Å²) in [5.74, 6) is 0.645. The summed E-state index contributed by atoms with van der Waals surface area (Å²) in [4.78, 5) is 11.9. The number of rotatable bonds is 5. The van der Waals surface area contributed by atoms with Gasteiger partial charge in [-0.2, -0.15) is 0 Å². The van der Waals surface area contributed by atoms with Crippen LogP contribution in [0.5, 0.6) is 5.75 Å². The zero-order chi connectivity index (χ0) is 13.7. The molecule has 2 aromatic rings. The summed E-state index contributed by atoms with van der Waals surface area (Å²) in [6.45, 7) is 1.93. The maximum absolute atomic E-state index is 11.9. The quantitative estimate of drug-likeness (QED) is 0.867. The molecule has 1 amide bonds. The van der Waals surface area contributed by atoms with E-state index in [9.17, 15) is 9.90 Å². The monoisotopic (exact) mass is 259 g/mol. The van der Waals surface area contributed by atoms with E-state index in [0.29, 0.717) is 5.56 Å². The topological polar surface area (TPSA) is 62.5 Å². The molecule has 100 valence electrons. The third-order valence-corrected chi connectivity index (χ3v) is 2.93. The van der Waals surface area contributed by atoms with Crippen LogP contribution in [0.15, 0.2) is 47.1 Å². The maximum atomic E-state index is 11.9. The van der Waals surface area contributed by atoms with Gasteiger partial charge in [0.25, 0.3) is 5.91 Å². The molecule has 0 bridgehead atoms. The van der Waals surface area contributed by atoms with Crippen molar-refractivity contribution in [2.45, 2.75) is 25.8 Å². The van der Waals surface area contributed by atoms with Gasteiger partial charge in [0.1, 0.15) is 11.5 Å². The summed E-state index contributed by atoms with van der Waals surface area (Å²) in [6, 6.07) is 10.3. The van der Waals surface area contributed by atoms with Crippen LogP contribution in [0.2, 0.25) is 0 Å². The lowest BCUT2D eigenvalue weighted by molar-refractivity contribution is 0.0935. The Labute approximate surface area is 112 Å². The maximum Gasteiger partial charge on any atom is 0.255 e. The second-order valence-electron chi connectivity index (χ2n) is 4.51. The van der Waals surface area contributed by atoms with E-state index >= 15 is 0 Å². The molecule has 0 spiro atoms. The number of aromatic hydroxyl groups is 1. The van der Waals surface area contributed by atoms with Crippen LogP contribution >= 0.6 is 0 Å². The van der Waals surface area contributed by atoms with Crippen LogP contribution in [-0.4, -0.2) is 17.1 Å². The number of nitrogens with one attached hydrogen (secondary N) is 1. The van der Waals surface area contributed by atoms with Gasteiger partial charge in [-0.1, -0.05) is 12.1 Å². The van der Waals surface area contributed by atoms with Crippen LogP contribution in [0, 0.1) is 0 Å². The molecule has 4 heteroatoms. The van der Waals surface area contributed by atoms with Gasteiger partial charge < -0.3 is 14.8 Å². The Morgan fingerprint density at radius 1 is 1.32 bits per heavy atom. The summed E-state index contributed by atoms with van der Waals surface area (Å²) in [5, 5.41) is 12.5. The standard InChI is InChI=1S/C15H17NO3/c1-11(8-9-12-5-4-10-19-12)16-15(18)13-6-2-3-7-14(13)17/h2-7,10-11,17H,8-9H2,1H3,(H,16,18). The highest BCUT2D eigenvalue weighted by Gasteiger charge is 2.13.